The van der Waals surface area contributed by atoms with E-state index in [0.29, 0.717) is 12.5 Å². The van der Waals surface area contributed by atoms with Gasteiger partial charge in [0.15, 0.2) is 0 Å². The van der Waals surface area contributed by atoms with Gasteiger partial charge in [0.25, 0.3) is 0 Å². The third-order valence-corrected chi connectivity index (χ3v) is 2.57. The Kier molecular flexibility index (Phi) is 7.48. The van der Waals surface area contributed by atoms with Crippen molar-refractivity contribution >= 4 is 5.97 Å². The molecule has 0 heterocycles. The highest BCUT2D eigenvalue weighted by molar-refractivity contribution is 5.69. The molecule has 0 bridgehead atoms. The molecular weight excluding hydrogens is 178 g/mol. The highest BCUT2D eigenvalue weighted by Gasteiger charge is 2.12. The first-order valence-electron chi connectivity index (χ1n) is 5.46. The summed E-state index contributed by atoms with van der Waals surface area (Å²) in [7, 11) is 1.44. The molecule has 84 valence electrons. The van der Waals surface area contributed by atoms with Crippen molar-refractivity contribution in [3.05, 3.63) is 0 Å². The van der Waals surface area contributed by atoms with Crippen molar-refractivity contribution in [1.82, 2.24) is 4.90 Å². The van der Waals surface area contributed by atoms with Crippen molar-refractivity contribution in [2.45, 2.75) is 46.1 Å². The number of carbonyl (C=O) groups is 1. The quantitative estimate of drug-likeness (QED) is 0.590. The Morgan fingerprint density at radius 1 is 1.43 bits per heavy atom. The van der Waals surface area contributed by atoms with E-state index in [9.17, 15) is 4.79 Å². The van der Waals surface area contributed by atoms with Crippen molar-refractivity contribution in [2.24, 2.45) is 0 Å². The zero-order valence-corrected chi connectivity index (χ0v) is 9.88. The molecule has 0 saturated heterocycles. The first kappa shape index (κ1) is 13.4. The predicted molar refractivity (Wildman–Crippen MR) is 58.3 cm³/mol. The number of rotatable bonds is 7. The molecule has 0 aliphatic heterocycles. The summed E-state index contributed by atoms with van der Waals surface area (Å²) < 4.78 is 4.62. The number of hydrogen-bond donors (Lipinski definition) is 0. The van der Waals surface area contributed by atoms with Crippen LogP contribution in [0.2, 0.25) is 0 Å². The molecule has 0 aromatic heterocycles. The molecule has 0 aliphatic carbocycles. The van der Waals surface area contributed by atoms with Gasteiger partial charge in [-0.1, -0.05) is 20.3 Å². The van der Waals surface area contributed by atoms with Crippen molar-refractivity contribution in [1.29, 1.82) is 0 Å². The monoisotopic (exact) mass is 201 g/mol. The Labute approximate surface area is 87.4 Å². The van der Waals surface area contributed by atoms with Crippen molar-refractivity contribution in [3.63, 3.8) is 0 Å². The summed E-state index contributed by atoms with van der Waals surface area (Å²) in [6, 6.07) is 0.564. The molecule has 0 aromatic rings. The molecule has 1 unspecified atom stereocenters. The molecule has 1 atom stereocenters. The Morgan fingerprint density at radius 2 is 2.07 bits per heavy atom. The molecule has 0 radical (unpaired) electrons. The van der Waals surface area contributed by atoms with Gasteiger partial charge in [-0.15, -0.1) is 0 Å². The lowest BCUT2D eigenvalue weighted by atomic mass is 10.1. The molecule has 3 heteroatoms. The molecule has 0 fully saturated rings. The largest absolute Gasteiger partial charge is 0.469 e. The molecule has 0 aliphatic rings. The highest BCUT2D eigenvalue weighted by Crippen LogP contribution is 2.06. The van der Waals surface area contributed by atoms with Crippen LogP contribution >= 0.6 is 0 Å². The molecule has 0 aromatic carbocycles. The Morgan fingerprint density at radius 3 is 2.50 bits per heavy atom. The van der Waals surface area contributed by atoms with Crippen LogP contribution in [-0.2, 0) is 9.53 Å². The summed E-state index contributed by atoms with van der Waals surface area (Å²) in [5.41, 5.74) is 0. The van der Waals surface area contributed by atoms with Gasteiger partial charge in [0.1, 0.15) is 0 Å². The summed E-state index contributed by atoms with van der Waals surface area (Å²) in [4.78, 5) is 13.3. The highest BCUT2D eigenvalue weighted by atomic mass is 16.5. The lowest BCUT2D eigenvalue weighted by Crippen LogP contribution is -2.34. The number of methoxy groups -OCH3 is 1. The van der Waals surface area contributed by atoms with Crippen LogP contribution in [0.4, 0.5) is 0 Å². The van der Waals surface area contributed by atoms with Crippen molar-refractivity contribution < 1.29 is 9.53 Å². The number of nitrogens with zero attached hydrogens (tertiary/aromatic N) is 1. The van der Waals surface area contributed by atoms with E-state index < -0.39 is 0 Å². The number of carbonyl (C=O) groups excluding carboxylic acids is 1. The average molecular weight is 201 g/mol. The zero-order valence-electron chi connectivity index (χ0n) is 9.88. The van der Waals surface area contributed by atoms with Crippen LogP contribution in [0.1, 0.15) is 40.0 Å². The molecule has 14 heavy (non-hydrogen) atoms. The second-order valence-electron chi connectivity index (χ2n) is 3.59. The van der Waals surface area contributed by atoms with E-state index in [1.54, 1.807) is 0 Å². The minimum absolute atomic E-state index is 0.118. The molecule has 0 rings (SSSR count). The first-order chi connectivity index (χ1) is 6.65. The van der Waals surface area contributed by atoms with E-state index in [0.717, 1.165) is 13.1 Å². The third-order valence-electron chi connectivity index (χ3n) is 2.57. The maximum absolute atomic E-state index is 11.0. The normalized spacial score (nSPS) is 12.9. The first-order valence-corrected chi connectivity index (χ1v) is 5.46. The van der Waals surface area contributed by atoms with Gasteiger partial charge in [0.2, 0.25) is 0 Å². The fourth-order valence-corrected chi connectivity index (χ4v) is 1.63. The topological polar surface area (TPSA) is 29.5 Å². The van der Waals surface area contributed by atoms with Crippen LogP contribution in [0, 0.1) is 0 Å². The van der Waals surface area contributed by atoms with Gasteiger partial charge in [-0.05, 0) is 19.9 Å². The Hall–Kier alpha value is -0.570. The van der Waals surface area contributed by atoms with Gasteiger partial charge >= 0.3 is 5.97 Å². The zero-order chi connectivity index (χ0) is 11.0. The summed E-state index contributed by atoms with van der Waals surface area (Å²) in [5, 5.41) is 0. The summed E-state index contributed by atoms with van der Waals surface area (Å²) in [6.07, 6.45) is 2.88. The lowest BCUT2D eigenvalue weighted by Gasteiger charge is -2.27. The van der Waals surface area contributed by atoms with Crippen LogP contribution in [-0.4, -0.2) is 37.1 Å². The van der Waals surface area contributed by atoms with Crippen molar-refractivity contribution in [3.8, 4) is 0 Å². The fraction of sp³-hybridized carbons (Fsp3) is 0.909. The third kappa shape index (κ3) is 5.22. The number of hydrogen-bond acceptors (Lipinski definition) is 3. The fourth-order valence-electron chi connectivity index (χ4n) is 1.63. The Bertz CT molecular complexity index is 159. The standard InChI is InChI=1S/C11H23NO2/c1-5-7-10(3)12(6-2)9-8-11(13)14-4/h10H,5-9H2,1-4H3. The van der Waals surface area contributed by atoms with Gasteiger partial charge in [-0.2, -0.15) is 0 Å². The van der Waals surface area contributed by atoms with E-state index in [4.69, 9.17) is 0 Å². The molecular formula is C11H23NO2. The van der Waals surface area contributed by atoms with E-state index in [2.05, 4.69) is 30.4 Å². The van der Waals surface area contributed by atoms with E-state index in [1.807, 2.05) is 0 Å². The minimum atomic E-state index is -0.118. The molecule has 0 N–H and O–H groups in total. The number of ether oxygens (including phenoxy) is 1. The predicted octanol–water partition coefficient (Wildman–Crippen LogP) is 2.06. The number of esters is 1. The Balaban J connectivity index is 3.83. The second-order valence-corrected chi connectivity index (χ2v) is 3.59. The summed E-state index contributed by atoms with van der Waals surface area (Å²) in [5.74, 6) is -0.118. The van der Waals surface area contributed by atoms with Crippen LogP contribution < -0.4 is 0 Å². The van der Waals surface area contributed by atoms with Crippen LogP contribution in [0.3, 0.4) is 0 Å². The molecule has 0 spiro atoms. The minimum Gasteiger partial charge on any atom is -0.469 e. The maximum atomic E-state index is 11.0. The van der Waals surface area contributed by atoms with E-state index in [-0.39, 0.29) is 5.97 Å². The van der Waals surface area contributed by atoms with Gasteiger partial charge in [-0.25, -0.2) is 0 Å². The second kappa shape index (κ2) is 7.80. The summed E-state index contributed by atoms with van der Waals surface area (Å²) in [6.45, 7) is 8.33. The molecule has 3 nitrogen and oxygen atoms in total. The average Bonchev–Trinajstić information content (AvgIpc) is 2.18. The van der Waals surface area contributed by atoms with Crippen LogP contribution in [0.5, 0.6) is 0 Å². The SMILES string of the molecule is CCCC(C)N(CC)CCC(=O)OC. The smallest absolute Gasteiger partial charge is 0.306 e. The molecule has 0 saturated carbocycles. The van der Waals surface area contributed by atoms with E-state index >= 15 is 0 Å². The molecule has 0 amide bonds. The van der Waals surface area contributed by atoms with Gasteiger partial charge in [0.05, 0.1) is 13.5 Å². The van der Waals surface area contributed by atoms with Gasteiger partial charge in [-0.3, -0.25) is 4.79 Å². The van der Waals surface area contributed by atoms with Crippen LogP contribution in [0.25, 0.3) is 0 Å². The van der Waals surface area contributed by atoms with Crippen LogP contribution in [0.15, 0.2) is 0 Å². The summed E-state index contributed by atoms with van der Waals surface area (Å²) >= 11 is 0. The van der Waals surface area contributed by atoms with E-state index in [1.165, 1.54) is 20.0 Å². The van der Waals surface area contributed by atoms with Gasteiger partial charge in [0, 0.05) is 12.6 Å². The lowest BCUT2D eigenvalue weighted by molar-refractivity contribution is -0.141. The van der Waals surface area contributed by atoms with Crippen molar-refractivity contribution in [2.75, 3.05) is 20.2 Å². The van der Waals surface area contributed by atoms with Gasteiger partial charge < -0.3 is 9.64 Å². The maximum Gasteiger partial charge on any atom is 0.306 e.